The fraction of sp³-hybridized carbons (Fsp3) is 0.316. The van der Waals surface area contributed by atoms with Crippen LogP contribution in [0.15, 0.2) is 42.5 Å². The third kappa shape index (κ3) is 4.33. The molecule has 2 aromatic carbocycles. The van der Waals surface area contributed by atoms with E-state index in [-0.39, 0.29) is 12.5 Å². The molecule has 1 heterocycles. The van der Waals surface area contributed by atoms with Gasteiger partial charge in [0.05, 0.1) is 17.3 Å². The van der Waals surface area contributed by atoms with Crippen molar-refractivity contribution in [2.45, 2.75) is 25.7 Å². The number of hydrogen-bond donors (Lipinski definition) is 1. The molecule has 1 N–H and O–H groups in total. The summed E-state index contributed by atoms with van der Waals surface area (Å²) in [6.07, 6.45) is -4.54. The van der Waals surface area contributed by atoms with E-state index >= 15 is 0 Å². The van der Waals surface area contributed by atoms with E-state index in [4.69, 9.17) is 9.47 Å². The Labute approximate surface area is 154 Å². The first-order valence-corrected chi connectivity index (χ1v) is 8.31. The summed E-state index contributed by atoms with van der Waals surface area (Å²) in [7, 11) is 1.73. The number of nitrogens with zero attached hydrogens (tertiary/aromatic N) is 1. The van der Waals surface area contributed by atoms with Gasteiger partial charge in [-0.1, -0.05) is 18.2 Å². The molecule has 5 nitrogen and oxygen atoms in total. The monoisotopic (exact) mass is 380 g/mol. The number of nitrogens with one attached hydrogen (secondary N) is 1. The zero-order valence-corrected chi connectivity index (χ0v) is 14.8. The quantitative estimate of drug-likeness (QED) is 0.855. The zero-order chi connectivity index (χ0) is 19.6. The summed E-state index contributed by atoms with van der Waals surface area (Å²) >= 11 is 0. The summed E-state index contributed by atoms with van der Waals surface area (Å²) in [5, 5.41) is 2.38. The molecule has 3 rings (SSSR count). The minimum absolute atomic E-state index is 0.173. The maximum Gasteiger partial charge on any atom is 0.418 e. The van der Waals surface area contributed by atoms with Crippen molar-refractivity contribution in [3.8, 4) is 11.5 Å². The predicted molar refractivity (Wildman–Crippen MR) is 93.6 cm³/mol. The molecular weight excluding hydrogens is 361 g/mol. The number of amides is 1. The summed E-state index contributed by atoms with van der Waals surface area (Å²) in [6, 6.07) is 9.74. The topological polar surface area (TPSA) is 50.8 Å². The molecule has 2 aromatic rings. The molecule has 0 spiro atoms. The van der Waals surface area contributed by atoms with Crippen LogP contribution >= 0.6 is 0 Å². The van der Waals surface area contributed by atoms with Crippen molar-refractivity contribution >= 4 is 11.6 Å². The molecule has 0 fully saturated rings. The first-order valence-electron chi connectivity index (χ1n) is 8.31. The summed E-state index contributed by atoms with van der Waals surface area (Å²) in [5.74, 6) is 0.781. The van der Waals surface area contributed by atoms with E-state index in [2.05, 4.69) is 5.32 Å². The lowest BCUT2D eigenvalue weighted by molar-refractivity contribution is -0.137. The molecule has 1 aliphatic heterocycles. The van der Waals surface area contributed by atoms with E-state index in [1.165, 1.54) is 18.2 Å². The Hall–Kier alpha value is -2.74. The predicted octanol–water partition coefficient (Wildman–Crippen LogP) is 3.89. The van der Waals surface area contributed by atoms with Crippen LogP contribution in [0.2, 0.25) is 0 Å². The first kappa shape index (κ1) is 19.0. The molecule has 0 saturated carbocycles. The average molecular weight is 380 g/mol. The molecule has 0 bridgehead atoms. The number of benzene rings is 2. The smallest absolute Gasteiger partial charge is 0.418 e. The highest BCUT2D eigenvalue weighted by atomic mass is 19.4. The highest BCUT2D eigenvalue weighted by Gasteiger charge is 2.34. The second kappa shape index (κ2) is 7.48. The third-order valence-electron chi connectivity index (χ3n) is 4.40. The first-order chi connectivity index (χ1) is 12.8. The lowest BCUT2D eigenvalue weighted by Gasteiger charge is -2.24. The van der Waals surface area contributed by atoms with Gasteiger partial charge < -0.3 is 14.8 Å². The van der Waals surface area contributed by atoms with Crippen LogP contribution in [0.25, 0.3) is 0 Å². The molecule has 0 aromatic heterocycles. The summed E-state index contributed by atoms with van der Waals surface area (Å²) in [6.45, 7) is 2.23. The average Bonchev–Trinajstić information content (AvgIpc) is 3.08. The molecule has 0 unspecified atom stereocenters. The highest BCUT2D eigenvalue weighted by Crippen LogP contribution is 2.35. The fourth-order valence-electron chi connectivity index (χ4n) is 2.74. The molecule has 27 heavy (non-hydrogen) atoms. The number of likely N-dealkylation sites (N-methyl/N-ethyl adjacent to an activating group) is 1. The Morgan fingerprint density at radius 1 is 1.19 bits per heavy atom. The minimum atomic E-state index is -4.54. The van der Waals surface area contributed by atoms with Crippen LogP contribution in [0.5, 0.6) is 11.5 Å². The van der Waals surface area contributed by atoms with Crippen molar-refractivity contribution in [2.75, 3.05) is 19.2 Å². The van der Waals surface area contributed by atoms with Crippen molar-refractivity contribution in [3.05, 3.63) is 53.6 Å². The zero-order valence-electron chi connectivity index (χ0n) is 14.8. The number of hydrogen-bond acceptors (Lipinski definition) is 4. The van der Waals surface area contributed by atoms with Gasteiger partial charge in [0.15, 0.2) is 11.5 Å². The van der Waals surface area contributed by atoms with E-state index in [1.54, 1.807) is 24.9 Å². The van der Waals surface area contributed by atoms with E-state index < -0.39 is 23.7 Å². The Bertz CT molecular complexity index is 839. The third-order valence-corrected chi connectivity index (χ3v) is 4.40. The van der Waals surface area contributed by atoms with Gasteiger partial charge in [-0.15, -0.1) is 0 Å². The Balaban J connectivity index is 1.67. The summed E-state index contributed by atoms with van der Waals surface area (Å²) in [5.41, 5.74) is -0.223. The lowest BCUT2D eigenvalue weighted by atomic mass is 10.1. The van der Waals surface area contributed by atoms with E-state index in [1.807, 2.05) is 12.1 Å². The van der Waals surface area contributed by atoms with Gasteiger partial charge in [0, 0.05) is 6.54 Å². The van der Waals surface area contributed by atoms with Gasteiger partial charge in [0.25, 0.3) is 0 Å². The van der Waals surface area contributed by atoms with Gasteiger partial charge in [-0.05, 0) is 43.8 Å². The number of anilines is 1. The Kier molecular flexibility index (Phi) is 5.27. The molecule has 144 valence electrons. The van der Waals surface area contributed by atoms with Crippen LogP contribution in [0.4, 0.5) is 18.9 Å². The largest absolute Gasteiger partial charge is 0.454 e. The Morgan fingerprint density at radius 2 is 1.89 bits per heavy atom. The normalized spacial score (nSPS) is 14.3. The van der Waals surface area contributed by atoms with Crippen molar-refractivity contribution in [2.24, 2.45) is 0 Å². The second-order valence-corrected chi connectivity index (χ2v) is 6.31. The van der Waals surface area contributed by atoms with Gasteiger partial charge in [-0.2, -0.15) is 13.2 Å². The van der Waals surface area contributed by atoms with Gasteiger partial charge in [0.2, 0.25) is 12.7 Å². The van der Waals surface area contributed by atoms with Crippen molar-refractivity contribution in [3.63, 3.8) is 0 Å². The number of carbonyl (C=O) groups is 1. The maximum absolute atomic E-state index is 13.1. The molecule has 0 aliphatic carbocycles. The number of alkyl halides is 3. The van der Waals surface area contributed by atoms with Crippen LogP contribution < -0.4 is 14.8 Å². The lowest BCUT2D eigenvalue weighted by Crippen LogP contribution is -2.39. The summed E-state index contributed by atoms with van der Waals surface area (Å²) < 4.78 is 49.8. The number of ether oxygens (including phenoxy) is 2. The molecule has 0 saturated heterocycles. The van der Waals surface area contributed by atoms with Crippen LogP contribution in [-0.2, 0) is 17.5 Å². The van der Waals surface area contributed by atoms with Crippen LogP contribution in [-0.4, -0.2) is 30.7 Å². The highest BCUT2D eigenvalue weighted by molar-refractivity contribution is 5.95. The van der Waals surface area contributed by atoms with Gasteiger partial charge in [-0.25, -0.2) is 0 Å². The minimum Gasteiger partial charge on any atom is -0.454 e. The van der Waals surface area contributed by atoms with Crippen LogP contribution in [0.3, 0.4) is 0 Å². The Morgan fingerprint density at radius 3 is 2.63 bits per heavy atom. The molecule has 1 aliphatic rings. The van der Waals surface area contributed by atoms with E-state index in [9.17, 15) is 18.0 Å². The van der Waals surface area contributed by atoms with Crippen LogP contribution in [0, 0.1) is 0 Å². The molecule has 8 heteroatoms. The van der Waals surface area contributed by atoms with Crippen LogP contribution in [0.1, 0.15) is 18.1 Å². The van der Waals surface area contributed by atoms with Gasteiger partial charge >= 0.3 is 6.18 Å². The maximum atomic E-state index is 13.1. The number of fused-ring (bicyclic) bond motifs is 1. The number of carbonyl (C=O) groups excluding carboxylic acids is 1. The standard InChI is InChI=1S/C19H19F3N2O3/c1-12(18(25)23-15-6-4-3-5-14(15)19(20,21)22)24(2)10-13-7-8-16-17(9-13)27-11-26-16/h3-9,12H,10-11H2,1-2H3,(H,23,25)/t12-/m0/s1. The van der Waals surface area contributed by atoms with Crippen molar-refractivity contribution in [1.29, 1.82) is 0 Å². The molecule has 1 atom stereocenters. The van der Waals surface area contributed by atoms with Gasteiger partial charge in [-0.3, -0.25) is 9.69 Å². The number of halogens is 3. The van der Waals surface area contributed by atoms with Crippen molar-refractivity contribution < 1.29 is 27.4 Å². The van der Waals surface area contributed by atoms with E-state index in [0.29, 0.717) is 18.0 Å². The number of para-hydroxylation sites is 1. The van der Waals surface area contributed by atoms with Crippen molar-refractivity contribution in [1.82, 2.24) is 4.90 Å². The number of rotatable bonds is 5. The molecule has 0 radical (unpaired) electrons. The molecule has 1 amide bonds. The van der Waals surface area contributed by atoms with E-state index in [0.717, 1.165) is 11.6 Å². The molecular formula is C19H19F3N2O3. The summed E-state index contributed by atoms with van der Waals surface area (Å²) in [4.78, 5) is 14.2. The SMILES string of the molecule is C[C@@H](C(=O)Nc1ccccc1C(F)(F)F)N(C)Cc1ccc2c(c1)OCO2. The second-order valence-electron chi connectivity index (χ2n) is 6.31. The fourth-order valence-corrected chi connectivity index (χ4v) is 2.74. The van der Waals surface area contributed by atoms with Gasteiger partial charge in [0.1, 0.15) is 0 Å².